The van der Waals surface area contributed by atoms with E-state index in [1.54, 1.807) is 0 Å². The van der Waals surface area contributed by atoms with Crippen molar-refractivity contribution < 1.29 is 23.0 Å². The summed E-state index contributed by atoms with van der Waals surface area (Å²) in [6.07, 6.45) is 2.82. The Morgan fingerprint density at radius 2 is 2.06 bits per heavy atom. The lowest BCUT2D eigenvalue weighted by Gasteiger charge is -2.07. The van der Waals surface area contributed by atoms with Crippen molar-refractivity contribution in [2.75, 3.05) is 13.2 Å². The molecule has 0 radical (unpaired) electrons. The van der Waals surface area contributed by atoms with Gasteiger partial charge in [0.05, 0.1) is 6.61 Å². The number of unbranched alkanes of at least 4 members (excludes halogenated alkanes) is 2. The molecule has 0 saturated heterocycles. The fourth-order valence-corrected chi connectivity index (χ4v) is 1.31. The molecule has 0 aliphatic heterocycles. The van der Waals surface area contributed by atoms with Crippen molar-refractivity contribution in [3.8, 4) is 5.75 Å². The maximum absolute atomic E-state index is 13.1. The van der Waals surface area contributed by atoms with E-state index in [0.29, 0.717) is 12.7 Å². The van der Waals surface area contributed by atoms with Crippen molar-refractivity contribution in [2.24, 2.45) is 0 Å². The number of benzene rings is 1. The Labute approximate surface area is 105 Å². The van der Waals surface area contributed by atoms with Gasteiger partial charge in [-0.15, -0.1) is 0 Å². The van der Waals surface area contributed by atoms with E-state index in [2.05, 4.69) is 0 Å². The molecule has 1 aromatic rings. The van der Waals surface area contributed by atoms with Crippen LogP contribution in [-0.4, -0.2) is 19.2 Å². The van der Waals surface area contributed by atoms with Gasteiger partial charge in [-0.3, -0.25) is 0 Å². The molecule has 18 heavy (non-hydrogen) atoms. The van der Waals surface area contributed by atoms with Crippen LogP contribution in [0.25, 0.3) is 0 Å². The molecule has 0 atom stereocenters. The third kappa shape index (κ3) is 5.12. The normalized spacial score (nSPS) is 10.2. The van der Waals surface area contributed by atoms with Crippen LogP contribution in [0.5, 0.6) is 5.75 Å². The molecule has 0 amide bonds. The Morgan fingerprint density at radius 1 is 1.28 bits per heavy atom. The smallest absolute Gasteiger partial charge is 0.344 e. The molecule has 0 saturated carbocycles. The molecule has 0 heterocycles. The van der Waals surface area contributed by atoms with E-state index in [1.807, 2.05) is 6.92 Å². The van der Waals surface area contributed by atoms with Crippen molar-refractivity contribution in [1.82, 2.24) is 0 Å². The molecule has 100 valence electrons. The quantitative estimate of drug-likeness (QED) is 0.557. The first-order chi connectivity index (χ1) is 8.63. The highest BCUT2D eigenvalue weighted by molar-refractivity contribution is 5.71. The summed E-state index contributed by atoms with van der Waals surface area (Å²) in [5, 5.41) is 0. The number of hydrogen-bond acceptors (Lipinski definition) is 3. The van der Waals surface area contributed by atoms with Gasteiger partial charge in [-0.25, -0.2) is 13.6 Å². The topological polar surface area (TPSA) is 35.5 Å². The Morgan fingerprint density at radius 3 is 2.72 bits per heavy atom. The predicted molar refractivity (Wildman–Crippen MR) is 62.3 cm³/mol. The molecule has 0 aliphatic rings. The van der Waals surface area contributed by atoms with Crippen LogP contribution >= 0.6 is 0 Å². The molecule has 0 unspecified atom stereocenters. The van der Waals surface area contributed by atoms with Crippen LogP contribution in [0.2, 0.25) is 0 Å². The van der Waals surface area contributed by atoms with Gasteiger partial charge in [0.15, 0.2) is 18.2 Å². The van der Waals surface area contributed by atoms with Crippen LogP contribution in [-0.2, 0) is 9.53 Å². The van der Waals surface area contributed by atoms with Crippen molar-refractivity contribution in [1.29, 1.82) is 0 Å². The summed E-state index contributed by atoms with van der Waals surface area (Å²) >= 11 is 0. The van der Waals surface area contributed by atoms with Gasteiger partial charge in [0.25, 0.3) is 0 Å². The van der Waals surface area contributed by atoms with Crippen LogP contribution in [0.15, 0.2) is 18.2 Å². The molecule has 0 spiro atoms. The molecule has 1 aromatic carbocycles. The summed E-state index contributed by atoms with van der Waals surface area (Å²) in [4.78, 5) is 11.2. The van der Waals surface area contributed by atoms with Crippen molar-refractivity contribution in [2.45, 2.75) is 26.2 Å². The second-order valence-electron chi connectivity index (χ2n) is 3.79. The lowest BCUT2D eigenvalue weighted by Crippen LogP contribution is -2.16. The number of rotatable bonds is 7. The second kappa shape index (κ2) is 7.63. The number of hydrogen-bond donors (Lipinski definition) is 0. The Bertz CT molecular complexity index is 394. The average Bonchev–Trinajstić information content (AvgIpc) is 2.33. The van der Waals surface area contributed by atoms with Crippen molar-refractivity contribution in [3.05, 3.63) is 29.8 Å². The first kappa shape index (κ1) is 14.4. The number of carbonyl (C=O) groups is 1. The Balaban J connectivity index is 2.29. The second-order valence-corrected chi connectivity index (χ2v) is 3.79. The molecule has 0 fully saturated rings. The maximum atomic E-state index is 13.1. The van der Waals surface area contributed by atoms with Gasteiger partial charge in [-0.1, -0.05) is 19.8 Å². The van der Waals surface area contributed by atoms with Gasteiger partial charge >= 0.3 is 5.97 Å². The zero-order chi connectivity index (χ0) is 13.4. The lowest BCUT2D eigenvalue weighted by molar-refractivity contribution is -0.146. The van der Waals surface area contributed by atoms with E-state index < -0.39 is 17.6 Å². The minimum atomic E-state index is -0.839. The Hall–Kier alpha value is -1.65. The fourth-order valence-electron chi connectivity index (χ4n) is 1.31. The summed E-state index contributed by atoms with van der Waals surface area (Å²) in [5.74, 6) is -2.26. The van der Waals surface area contributed by atoms with E-state index in [4.69, 9.17) is 9.47 Å². The SMILES string of the molecule is CCCCCOC(=O)COc1ccc(F)cc1F. The number of carbonyl (C=O) groups excluding carboxylic acids is 1. The van der Waals surface area contributed by atoms with Gasteiger partial charge < -0.3 is 9.47 Å². The molecule has 0 aliphatic carbocycles. The average molecular weight is 258 g/mol. The van der Waals surface area contributed by atoms with Gasteiger partial charge in [-0.2, -0.15) is 0 Å². The van der Waals surface area contributed by atoms with Gasteiger partial charge in [0.2, 0.25) is 0 Å². The minimum absolute atomic E-state index is 0.165. The standard InChI is InChI=1S/C13H16F2O3/c1-2-3-4-7-17-13(16)9-18-12-6-5-10(14)8-11(12)15/h5-6,8H,2-4,7,9H2,1H3. The third-order valence-corrected chi connectivity index (χ3v) is 2.25. The van der Waals surface area contributed by atoms with Gasteiger partial charge in [0.1, 0.15) is 5.82 Å². The summed E-state index contributed by atoms with van der Waals surface area (Å²) < 4.78 is 35.5. The van der Waals surface area contributed by atoms with Crippen molar-refractivity contribution in [3.63, 3.8) is 0 Å². The monoisotopic (exact) mass is 258 g/mol. The zero-order valence-corrected chi connectivity index (χ0v) is 10.2. The summed E-state index contributed by atoms with van der Waals surface area (Å²) in [6.45, 7) is 2.00. The number of esters is 1. The molecule has 1 rings (SSSR count). The summed E-state index contributed by atoms with van der Waals surface area (Å²) in [5.41, 5.74) is 0. The first-order valence-corrected chi connectivity index (χ1v) is 5.87. The lowest BCUT2D eigenvalue weighted by atomic mass is 10.3. The molecular formula is C13H16F2O3. The minimum Gasteiger partial charge on any atom is -0.479 e. The van der Waals surface area contributed by atoms with E-state index in [1.165, 1.54) is 0 Å². The van der Waals surface area contributed by atoms with E-state index >= 15 is 0 Å². The number of halogens is 2. The van der Waals surface area contributed by atoms with Crippen molar-refractivity contribution >= 4 is 5.97 Å². The van der Waals surface area contributed by atoms with Crippen LogP contribution in [0.3, 0.4) is 0 Å². The molecule has 0 N–H and O–H groups in total. The molecule has 0 bridgehead atoms. The van der Waals surface area contributed by atoms with Crippen LogP contribution < -0.4 is 4.74 Å². The zero-order valence-electron chi connectivity index (χ0n) is 10.2. The summed E-state index contributed by atoms with van der Waals surface area (Å²) in [7, 11) is 0. The first-order valence-electron chi connectivity index (χ1n) is 5.87. The van der Waals surface area contributed by atoms with E-state index in [-0.39, 0.29) is 12.4 Å². The molecule has 5 heteroatoms. The van der Waals surface area contributed by atoms with E-state index in [0.717, 1.165) is 31.4 Å². The largest absolute Gasteiger partial charge is 0.479 e. The fraction of sp³-hybridized carbons (Fsp3) is 0.462. The molecule has 3 nitrogen and oxygen atoms in total. The summed E-state index contributed by atoms with van der Waals surface area (Å²) in [6, 6.07) is 2.89. The number of ether oxygens (including phenoxy) is 2. The van der Waals surface area contributed by atoms with E-state index in [9.17, 15) is 13.6 Å². The van der Waals surface area contributed by atoms with Crippen LogP contribution in [0.1, 0.15) is 26.2 Å². The molecular weight excluding hydrogens is 242 g/mol. The highest BCUT2D eigenvalue weighted by Crippen LogP contribution is 2.17. The van der Waals surface area contributed by atoms with Gasteiger partial charge in [-0.05, 0) is 18.6 Å². The highest BCUT2D eigenvalue weighted by Gasteiger charge is 2.08. The molecule has 0 aromatic heterocycles. The van der Waals surface area contributed by atoms with Crippen LogP contribution in [0.4, 0.5) is 8.78 Å². The maximum Gasteiger partial charge on any atom is 0.344 e. The third-order valence-electron chi connectivity index (χ3n) is 2.25. The van der Waals surface area contributed by atoms with Crippen LogP contribution in [0, 0.1) is 11.6 Å². The predicted octanol–water partition coefficient (Wildman–Crippen LogP) is 3.08. The Kier molecular flexibility index (Phi) is 6.11. The van der Waals surface area contributed by atoms with Gasteiger partial charge in [0, 0.05) is 6.07 Å². The highest BCUT2D eigenvalue weighted by atomic mass is 19.1.